The summed E-state index contributed by atoms with van der Waals surface area (Å²) in [6, 6.07) is 8.81. The zero-order chi connectivity index (χ0) is 18.9. The lowest BCUT2D eigenvalue weighted by molar-refractivity contribution is -0.119. The summed E-state index contributed by atoms with van der Waals surface area (Å²) in [4.78, 5) is 24.3. The summed E-state index contributed by atoms with van der Waals surface area (Å²) in [7, 11) is 0. The van der Waals surface area contributed by atoms with Gasteiger partial charge in [-0.15, -0.1) is 10.2 Å². The number of nitrogens with one attached hydrogen (secondary N) is 3. The Morgan fingerprint density at radius 1 is 1.19 bits per heavy atom. The molecule has 0 radical (unpaired) electrons. The minimum Gasteiger partial charge on any atom is -0.360 e. The Kier molecular flexibility index (Phi) is 7.86. The van der Waals surface area contributed by atoms with E-state index in [-0.39, 0.29) is 5.91 Å². The molecule has 26 heavy (non-hydrogen) atoms. The molecular formula is C17H23N5O2S2. The number of amides is 3. The third kappa shape index (κ3) is 6.30. The molecule has 7 nitrogen and oxygen atoms in total. The van der Waals surface area contributed by atoms with Crippen molar-refractivity contribution in [1.82, 2.24) is 20.8 Å². The van der Waals surface area contributed by atoms with Crippen molar-refractivity contribution >= 4 is 40.2 Å². The molecule has 0 bridgehead atoms. The molecule has 0 aliphatic heterocycles. The molecule has 1 aromatic carbocycles. The van der Waals surface area contributed by atoms with E-state index in [0.29, 0.717) is 16.8 Å². The van der Waals surface area contributed by atoms with Gasteiger partial charge < -0.3 is 10.6 Å². The predicted molar refractivity (Wildman–Crippen MR) is 105 cm³/mol. The van der Waals surface area contributed by atoms with Crippen molar-refractivity contribution in [2.75, 3.05) is 18.4 Å². The maximum Gasteiger partial charge on any atom is 0.321 e. The summed E-state index contributed by atoms with van der Waals surface area (Å²) in [6.45, 7) is 7.27. The van der Waals surface area contributed by atoms with Crippen molar-refractivity contribution in [2.45, 2.75) is 30.4 Å². The van der Waals surface area contributed by atoms with E-state index in [1.54, 1.807) is 6.92 Å². The first-order valence-corrected chi connectivity index (χ1v) is 10.1. The number of rotatable bonds is 8. The van der Waals surface area contributed by atoms with Crippen LogP contribution in [-0.4, -0.2) is 35.2 Å². The molecule has 0 aliphatic carbocycles. The number of urea groups is 1. The fourth-order valence-electron chi connectivity index (χ4n) is 2.00. The Hall–Kier alpha value is -2.13. The zero-order valence-electron chi connectivity index (χ0n) is 15.0. The maximum atomic E-state index is 12.6. The monoisotopic (exact) mass is 393 g/mol. The summed E-state index contributed by atoms with van der Waals surface area (Å²) in [5.74, 6) is 0.106. The Morgan fingerprint density at radius 3 is 2.58 bits per heavy atom. The van der Waals surface area contributed by atoms with Crippen LogP contribution in [0.25, 0.3) is 0 Å². The van der Waals surface area contributed by atoms with Gasteiger partial charge in [-0.1, -0.05) is 67.3 Å². The number of nitrogens with zero attached hydrogens (tertiary/aromatic N) is 2. The zero-order valence-corrected chi connectivity index (χ0v) is 16.6. The number of carbonyl (C=O) groups is 2. The van der Waals surface area contributed by atoms with Gasteiger partial charge in [-0.25, -0.2) is 4.79 Å². The number of hydrogen-bond acceptors (Lipinski definition) is 7. The second kappa shape index (κ2) is 10.1. The van der Waals surface area contributed by atoms with Crippen LogP contribution < -0.4 is 16.0 Å². The highest BCUT2D eigenvalue weighted by Crippen LogP contribution is 2.37. The number of thioether (sulfide) groups is 1. The third-order valence-electron chi connectivity index (χ3n) is 3.20. The normalized spacial score (nSPS) is 11.8. The molecule has 1 aromatic heterocycles. The lowest BCUT2D eigenvalue weighted by atomic mass is 10.1. The molecular weight excluding hydrogens is 370 g/mol. The van der Waals surface area contributed by atoms with Crippen LogP contribution in [0.3, 0.4) is 0 Å². The topological polar surface area (TPSA) is 96.0 Å². The summed E-state index contributed by atoms with van der Waals surface area (Å²) >= 11 is 2.67. The van der Waals surface area contributed by atoms with E-state index >= 15 is 0 Å². The first-order valence-electron chi connectivity index (χ1n) is 8.37. The Morgan fingerprint density at radius 2 is 1.92 bits per heavy atom. The Bertz CT molecular complexity index is 721. The number of imide groups is 1. The number of carbonyl (C=O) groups excluding carboxylic acids is 2. The lowest BCUT2D eigenvalue weighted by Gasteiger charge is -2.15. The molecule has 9 heteroatoms. The van der Waals surface area contributed by atoms with Crippen LogP contribution in [0.5, 0.6) is 0 Å². The molecule has 0 spiro atoms. The van der Waals surface area contributed by atoms with Crippen molar-refractivity contribution in [3.05, 3.63) is 35.9 Å². The Labute approximate surface area is 161 Å². The quantitative estimate of drug-likeness (QED) is 0.596. The summed E-state index contributed by atoms with van der Waals surface area (Å²) in [5.41, 5.74) is 0.797. The number of benzene rings is 1. The number of hydrogen-bond donors (Lipinski definition) is 3. The van der Waals surface area contributed by atoms with Gasteiger partial charge in [0.25, 0.3) is 0 Å². The maximum absolute atomic E-state index is 12.6. The molecule has 0 unspecified atom stereocenters. The average molecular weight is 394 g/mol. The molecule has 0 fully saturated rings. The highest BCUT2D eigenvalue weighted by molar-refractivity contribution is 8.01. The van der Waals surface area contributed by atoms with Crippen molar-refractivity contribution in [1.29, 1.82) is 0 Å². The largest absolute Gasteiger partial charge is 0.360 e. The molecule has 140 valence electrons. The number of anilines is 1. The van der Waals surface area contributed by atoms with Gasteiger partial charge in [0.15, 0.2) is 4.34 Å². The minimum atomic E-state index is -0.593. The molecule has 1 heterocycles. The third-order valence-corrected chi connectivity index (χ3v) is 5.42. The van der Waals surface area contributed by atoms with Gasteiger partial charge in [-0.2, -0.15) is 0 Å². The van der Waals surface area contributed by atoms with Gasteiger partial charge in [-0.3, -0.25) is 10.1 Å². The van der Waals surface area contributed by atoms with Crippen LogP contribution in [0.1, 0.15) is 31.6 Å². The van der Waals surface area contributed by atoms with Crippen LogP contribution in [0.15, 0.2) is 34.7 Å². The summed E-state index contributed by atoms with van der Waals surface area (Å²) in [5, 5.41) is 16.5. The first kappa shape index (κ1) is 20.2. The van der Waals surface area contributed by atoms with E-state index in [9.17, 15) is 9.59 Å². The van der Waals surface area contributed by atoms with Gasteiger partial charge in [0.05, 0.1) is 0 Å². The standard InChI is InChI=1S/C17H23N5O2S2/c1-4-18-15(24)20-14(23)13(12-8-6-5-7-9-12)25-17-22-21-16(26-17)19-10-11(2)3/h5-9,11,13H,4,10H2,1-3H3,(H,19,21)(H2,18,20,23,24)/t13-/m1/s1. The second-order valence-corrected chi connectivity index (χ2v) is 8.23. The molecule has 2 rings (SSSR count). The predicted octanol–water partition coefficient (Wildman–Crippen LogP) is 3.29. The fourth-order valence-corrected chi connectivity index (χ4v) is 3.95. The fraction of sp³-hybridized carbons (Fsp3) is 0.412. The molecule has 3 amide bonds. The van der Waals surface area contributed by atoms with Crippen LogP contribution in [0.4, 0.5) is 9.93 Å². The first-order chi connectivity index (χ1) is 12.5. The van der Waals surface area contributed by atoms with E-state index in [2.05, 4.69) is 40.0 Å². The van der Waals surface area contributed by atoms with E-state index in [0.717, 1.165) is 17.2 Å². The van der Waals surface area contributed by atoms with E-state index in [4.69, 9.17) is 0 Å². The number of aromatic nitrogens is 2. The molecule has 1 atom stereocenters. The van der Waals surface area contributed by atoms with Crippen molar-refractivity contribution in [3.8, 4) is 0 Å². The van der Waals surface area contributed by atoms with Crippen molar-refractivity contribution in [3.63, 3.8) is 0 Å². The lowest BCUT2D eigenvalue weighted by Crippen LogP contribution is -2.41. The SMILES string of the molecule is CCNC(=O)NC(=O)[C@H](Sc1nnc(NCC(C)C)s1)c1ccccc1. The molecule has 3 N–H and O–H groups in total. The summed E-state index contributed by atoms with van der Waals surface area (Å²) < 4.78 is 0.663. The van der Waals surface area contributed by atoms with Crippen molar-refractivity contribution in [2.24, 2.45) is 5.92 Å². The minimum absolute atomic E-state index is 0.390. The summed E-state index contributed by atoms with van der Waals surface area (Å²) in [6.07, 6.45) is 0. The van der Waals surface area contributed by atoms with E-state index in [1.807, 2.05) is 30.3 Å². The molecule has 2 aromatic rings. The van der Waals surface area contributed by atoms with Gasteiger partial charge in [-0.05, 0) is 18.4 Å². The Balaban J connectivity index is 2.12. The van der Waals surface area contributed by atoms with E-state index in [1.165, 1.54) is 23.1 Å². The smallest absolute Gasteiger partial charge is 0.321 e. The highest BCUT2D eigenvalue weighted by atomic mass is 32.2. The van der Waals surface area contributed by atoms with Gasteiger partial charge in [0.2, 0.25) is 11.0 Å². The van der Waals surface area contributed by atoms with Crippen LogP contribution in [0.2, 0.25) is 0 Å². The molecule has 0 aliphatic rings. The van der Waals surface area contributed by atoms with Crippen molar-refractivity contribution < 1.29 is 9.59 Å². The van der Waals surface area contributed by atoms with Crippen LogP contribution in [-0.2, 0) is 4.79 Å². The van der Waals surface area contributed by atoms with Gasteiger partial charge in [0, 0.05) is 13.1 Å². The molecule has 0 saturated heterocycles. The second-order valence-electron chi connectivity index (χ2n) is 5.91. The average Bonchev–Trinajstić information content (AvgIpc) is 3.06. The van der Waals surface area contributed by atoms with Gasteiger partial charge >= 0.3 is 6.03 Å². The van der Waals surface area contributed by atoms with Crippen LogP contribution >= 0.6 is 23.1 Å². The molecule has 0 saturated carbocycles. The highest BCUT2D eigenvalue weighted by Gasteiger charge is 2.25. The van der Waals surface area contributed by atoms with Crippen LogP contribution in [0, 0.1) is 5.92 Å². The van der Waals surface area contributed by atoms with Gasteiger partial charge in [0.1, 0.15) is 5.25 Å². The van der Waals surface area contributed by atoms with E-state index < -0.39 is 11.3 Å².